The van der Waals surface area contributed by atoms with E-state index in [0.29, 0.717) is 12.8 Å². The maximum atomic E-state index is 14.2. The summed E-state index contributed by atoms with van der Waals surface area (Å²) in [5.41, 5.74) is -1.12. The van der Waals surface area contributed by atoms with Gasteiger partial charge in [-0.25, -0.2) is 4.79 Å². The second-order valence-corrected chi connectivity index (χ2v) is 15.6. The third-order valence-electron chi connectivity index (χ3n) is 10.1. The van der Waals surface area contributed by atoms with Crippen molar-refractivity contribution >= 4 is 35.1 Å². The molecule has 0 aromatic rings. The first kappa shape index (κ1) is 37.7. The van der Waals surface area contributed by atoms with E-state index in [1.54, 1.807) is 20.8 Å². The van der Waals surface area contributed by atoms with Crippen LogP contribution < -0.4 is 10.6 Å². The molecule has 0 radical (unpaired) electrons. The number of piperidine rings is 1. The molecule has 46 heavy (non-hydrogen) atoms. The number of nitrogens with zero attached hydrogens (tertiary/aromatic N) is 1. The highest BCUT2D eigenvalue weighted by Gasteiger charge is 2.69. The van der Waals surface area contributed by atoms with Crippen molar-refractivity contribution in [2.45, 2.75) is 131 Å². The van der Waals surface area contributed by atoms with Gasteiger partial charge in [0.1, 0.15) is 6.04 Å². The van der Waals surface area contributed by atoms with Crippen LogP contribution in [-0.4, -0.2) is 70.8 Å². The van der Waals surface area contributed by atoms with E-state index in [4.69, 9.17) is 0 Å². The third kappa shape index (κ3) is 8.97. The summed E-state index contributed by atoms with van der Waals surface area (Å²) in [5, 5.41) is 5.49. The second kappa shape index (κ2) is 14.1. The standard InChI is InChI=1S/C34H52F3N3O6/c1-9-10-11-22(41)27(43)20(14-15-34(35,36)37)16-23(42)26-24-21(33(24,7)8)17-40(26)30(45)29(32(4,5)6)39-31(46)38-25(18(2)3)28(44)19-12-13-19/h18-21,24-26,29H,9-17H2,1-8H3,(H2,38,39,46)/t20?,21-,24-,25-,26+,29+/m0/s1. The number of Topliss-reactive ketones (excluding diaryl/α,β-unsaturated/α-hetero) is 4. The number of nitrogens with one attached hydrogen (secondary N) is 2. The Morgan fingerprint density at radius 2 is 1.59 bits per heavy atom. The molecule has 0 bridgehead atoms. The monoisotopic (exact) mass is 655 g/mol. The normalized spacial score (nSPS) is 24.1. The Morgan fingerprint density at radius 3 is 2.09 bits per heavy atom. The molecule has 0 aromatic carbocycles. The molecule has 3 aliphatic rings. The zero-order valence-electron chi connectivity index (χ0n) is 28.5. The van der Waals surface area contributed by atoms with Crippen molar-refractivity contribution in [3.05, 3.63) is 0 Å². The number of likely N-dealkylation sites (tertiary alicyclic amines) is 1. The molecule has 2 saturated carbocycles. The van der Waals surface area contributed by atoms with Crippen LogP contribution in [0, 0.1) is 40.4 Å². The first-order chi connectivity index (χ1) is 21.1. The van der Waals surface area contributed by atoms with Gasteiger partial charge in [-0.1, -0.05) is 61.8 Å². The van der Waals surface area contributed by atoms with Crippen molar-refractivity contribution in [1.82, 2.24) is 15.5 Å². The SMILES string of the molecule is CCCCC(=O)C(=O)C(CCC(F)(F)F)CC(=O)[C@@H]1[C@@H]2[C@H](CN1C(=O)[C@@H](NC(=O)N[C@H](C(=O)C1CC1)C(C)C)C(C)(C)C)C2(C)C. The van der Waals surface area contributed by atoms with Crippen molar-refractivity contribution in [3.8, 4) is 0 Å². The van der Waals surface area contributed by atoms with Gasteiger partial charge in [0.15, 0.2) is 17.3 Å². The summed E-state index contributed by atoms with van der Waals surface area (Å²) in [6, 6.07) is -3.50. The van der Waals surface area contributed by atoms with Gasteiger partial charge in [-0.2, -0.15) is 13.2 Å². The Kier molecular flexibility index (Phi) is 11.6. The fourth-order valence-corrected chi connectivity index (χ4v) is 6.91. The topological polar surface area (TPSA) is 130 Å². The number of fused-ring (bicyclic) bond motifs is 1. The molecule has 2 aliphatic carbocycles. The molecule has 1 heterocycles. The highest BCUT2D eigenvalue weighted by molar-refractivity contribution is 6.38. The molecular weight excluding hydrogens is 603 g/mol. The molecule has 9 nitrogen and oxygen atoms in total. The number of hydrogen-bond acceptors (Lipinski definition) is 6. The smallest absolute Gasteiger partial charge is 0.330 e. The number of ketones is 4. The zero-order chi connectivity index (χ0) is 34.9. The van der Waals surface area contributed by atoms with Crippen molar-refractivity contribution in [3.63, 3.8) is 0 Å². The number of urea groups is 1. The molecule has 2 N–H and O–H groups in total. The molecule has 1 unspecified atom stereocenters. The van der Waals surface area contributed by atoms with Gasteiger partial charge in [-0.15, -0.1) is 0 Å². The molecule has 0 spiro atoms. The average molecular weight is 656 g/mol. The second-order valence-electron chi connectivity index (χ2n) is 15.6. The Morgan fingerprint density at radius 1 is 0.978 bits per heavy atom. The lowest BCUT2D eigenvalue weighted by Crippen LogP contribution is -2.61. The van der Waals surface area contributed by atoms with Crippen LogP contribution in [0.25, 0.3) is 0 Å². The van der Waals surface area contributed by atoms with E-state index in [-0.39, 0.29) is 47.8 Å². The van der Waals surface area contributed by atoms with Crippen molar-refractivity contribution in [1.29, 1.82) is 0 Å². The largest absolute Gasteiger partial charge is 0.389 e. The molecule has 260 valence electrons. The Balaban J connectivity index is 1.83. The molecule has 0 aromatic heterocycles. The third-order valence-corrected chi connectivity index (χ3v) is 10.1. The number of alkyl halides is 3. The molecule has 3 rings (SSSR count). The zero-order valence-corrected chi connectivity index (χ0v) is 28.5. The molecule has 6 atom stereocenters. The van der Waals surface area contributed by atoms with Gasteiger partial charge in [0.2, 0.25) is 11.7 Å². The number of amides is 3. The minimum Gasteiger partial charge on any atom is -0.330 e. The van der Waals surface area contributed by atoms with Crippen LogP contribution in [0.5, 0.6) is 0 Å². The van der Waals surface area contributed by atoms with E-state index in [2.05, 4.69) is 10.6 Å². The van der Waals surface area contributed by atoms with Crippen molar-refractivity contribution in [2.24, 2.45) is 40.4 Å². The number of unbranched alkanes of at least 4 members (excludes halogenated alkanes) is 1. The Hall–Kier alpha value is -2.79. The summed E-state index contributed by atoms with van der Waals surface area (Å²) in [6.07, 6.45) is -4.64. The summed E-state index contributed by atoms with van der Waals surface area (Å²) < 4.78 is 39.5. The van der Waals surface area contributed by atoms with Crippen LogP contribution in [0.3, 0.4) is 0 Å². The molecular formula is C34H52F3N3O6. The first-order valence-corrected chi connectivity index (χ1v) is 16.7. The number of rotatable bonds is 16. The van der Waals surface area contributed by atoms with Crippen LogP contribution in [-0.2, 0) is 24.0 Å². The number of carbonyl (C=O) groups is 6. The van der Waals surface area contributed by atoms with Gasteiger partial charge in [0.05, 0.1) is 12.1 Å². The van der Waals surface area contributed by atoms with Crippen LogP contribution in [0.2, 0.25) is 0 Å². The number of hydrogen-bond donors (Lipinski definition) is 2. The fourth-order valence-electron chi connectivity index (χ4n) is 6.91. The summed E-state index contributed by atoms with van der Waals surface area (Å²) >= 11 is 0. The average Bonchev–Trinajstić information content (AvgIpc) is 3.82. The lowest BCUT2D eigenvalue weighted by Gasteiger charge is -2.38. The summed E-state index contributed by atoms with van der Waals surface area (Å²) in [5.74, 6) is -4.86. The lowest BCUT2D eigenvalue weighted by atomic mass is 9.83. The molecule has 1 aliphatic heterocycles. The van der Waals surface area contributed by atoms with Gasteiger partial charge in [0, 0.05) is 37.6 Å². The first-order valence-electron chi connectivity index (χ1n) is 16.7. The highest BCUT2D eigenvalue weighted by atomic mass is 19.4. The minimum atomic E-state index is -4.57. The lowest BCUT2D eigenvalue weighted by molar-refractivity contribution is -0.148. The van der Waals surface area contributed by atoms with Crippen molar-refractivity contribution < 1.29 is 41.9 Å². The molecule has 3 amide bonds. The van der Waals surface area contributed by atoms with Gasteiger partial charge in [0.25, 0.3) is 0 Å². The molecule has 12 heteroatoms. The van der Waals surface area contributed by atoms with Gasteiger partial charge >= 0.3 is 12.2 Å². The van der Waals surface area contributed by atoms with E-state index < -0.39 is 84.2 Å². The highest BCUT2D eigenvalue weighted by Crippen LogP contribution is 2.65. The van der Waals surface area contributed by atoms with Crippen LogP contribution >= 0.6 is 0 Å². The van der Waals surface area contributed by atoms with E-state index in [9.17, 15) is 41.9 Å². The van der Waals surface area contributed by atoms with E-state index in [1.807, 2.05) is 34.6 Å². The summed E-state index contributed by atoms with van der Waals surface area (Å²) in [4.78, 5) is 81.1. The minimum absolute atomic E-state index is 0.0425. The summed E-state index contributed by atoms with van der Waals surface area (Å²) in [7, 11) is 0. The predicted molar refractivity (Wildman–Crippen MR) is 165 cm³/mol. The maximum Gasteiger partial charge on any atom is 0.389 e. The quantitative estimate of drug-likeness (QED) is 0.213. The Labute approximate surface area is 270 Å². The predicted octanol–water partition coefficient (Wildman–Crippen LogP) is 5.43. The Bertz CT molecular complexity index is 1200. The van der Waals surface area contributed by atoms with Gasteiger partial charge in [-0.05, 0) is 54.3 Å². The molecule has 1 saturated heterocycles. The van der Waals surface area contributed by atoms with Gasteiger partial charge in [-0.3, -0.25) is 24.0 Å². The maximum absolute atomic E-state index is 14.2. The number of halogens is 3. The van der Waals surface area contributed by atoms with Crippen LogP contribution in [0.15, 0.2) is 0 Å². The van der Waals surface area contributed by atoms with Crippen molar-refractivity contribution in [2.75, 3.05) is 6.54 Å². The van der Waals surface area contributed by atoms with Crippen LogP contribution in [0.4, 0.5) is 18.0 Å². The fraction of sp³-hybridized carbons (Fsp3) is 0.824. The van der Waals surface area contributed by atoms with Crippen LogP contribution in [0.1, 0.15) is 107 Å². The van der Waals surface area contributed by atoms with E-state index in [0.717, 1.165) is 12.8 Å². The van der Waals surface area contributed by atoms with Gasteiger partial charge < -0.3 is 15.5 Å². The van der Waals surface area contributed by atoms with E-state index >= 15 is 0 Å². The number of carbonyl (C=O) groups excluding carboxylic acids is 6. The molecule has 3 fully saturated rings. The summed E-state index contributed by atoms with van der Waals surface area (Å²) in [6.45, 7) is 14.9. The van der Waals surface area contributed by atoms with E-state index in [1.165, 1.54) is 4.90 Å².